The first kappa shape index (κ1) is 13.7. The molecule has 1 N–H and O–H groups in total. The van der Waals surface area contributed by atoms with Crippen molar-refractivity contribution in [2.75, 3.05) is 32.7 Å². The van der Waals surface area contributed by atoms with Gasteiger partial charge in [0.2, 0.25) is 0 Å². The maximum Gasteiger partial charge on any atom is 0.0165 e. The van der Waals surface area contributed by atoms with E-state index in [-0.39, 0.29) is 0 Å². The fourth-order valence-electron chi connectivity index (χ4n) is 2.17. The molecule has 2 heteroatoms. The van der Waals surface area contributed by atoms with Crippen LogP contribution in [0.2, 0.25) is 0 Å². The van der Waals surface area contributed by atoms with Gasteiger partial charge in [-0.3, -0.25) is 4.90 Å². The van der Waals surface area contributed by atoms with Crippen molar-refractivity contribution in [1.82, 2.24) is 10.2 Å². The smallest absolute Gasteiger partial charge is 0.0165 e. The van der Waals surface area contributed by atoms with Crippen LogP contribution < -0.4 is 5.32 Å². The lowest BCUT2D eigenvalue weighted by Crippen LogP contribution is -2.37. The third-order valence-electron chi connectivity index (χ3n) is 3.32. The lowest BCUT2D eigenvalue weighted by molar-refractivity contribution is 0.198. The molecule has 94 valence electrons. The van der Waals surface area contributed by atoms with Crippen molar-refractivity contribution in [3.63, 3.8) is 0 Å². The fourth-order valence-corrected chi connectivity index (χ4v) is 2.17. The van der Waals surface area contributed by atoms with Gasteiger partial charge in [0.15, 0.2) is 0 Å². The Kier molecular flexibility index (Phi) is 6.74. The number of nitrogens with one attached hydrogen (secondary N) is 1. The first-order valence-corrected chi connectivity index (χ1v) is 6.78. The Balaban J connectivity index is 2.11. The summed E-state index contributed by atoms with van der Waals surface area (Å²) in [7, 11) is 0. The molecule has 0 aromatic rings. The lowest BCUT2D eigenvalue weighted by atomic mass is 9.97. The zero-order valence-electron chi connectivity index (χ0n) is 11.3. The largest absolute Gasteiger partial charge is 0.316 e. The molecule has 0 aromatic heterocycles. The normalized spacial score (nSPS) is 18.7. The first-order chi connectivity index (χ1) is 7.72. The van der Waals surface area contributed by atoms with Crippen LogP contribution in [0.5, 0.6) is 0 Å². The molecule has 0 unspecified atom stereocenters. The van der Waals surface area contributed by atoms with Gasteiger partial charge in [0.05, 0.1) is 0 Å². The van der Waals surface area contributed by atoms with Gasteiger partial charge in [-0.1, -0.05) is 18.6 Å². The summed E-state index contributed by atoms with van der Waals surface area (Å²) in [5, 5.41) is 3.54. The summed E-state index contributed by atoms with van der Waals surface area (Å²) in [6.07, 6.45) is 6.33. The zero-order chi connectivity index (χ0) is 11.8. The lowest BCUT2D eigenvalue weighted by Gasteiger charge is -2.31. The molecule has 1 fully saturated rings. The molecule has 0 aromatic carbocycles. The molecule has 0 atom stereocenters. The third-order valence-corrected chi connectivity index (χ3v) is 3.32. The number of allylic oxidation sites excluding steroid dienone is 1. The van der Waals surface area contributed by atoms with Crippen molar-refractivity contribution in [3.8, 4) is 0 Å². The van der Waals surface area contributed by atoms with E-state index in [1.807, 2.05) is 0 Å². The maximum atomic E-state index is 3.54. The summed E-state index contributed by atoms with van der Waals surface area (Å²) in [6.45, 7) is 12.7. The van der Waals surface area contributed by atoms with Crippen LogP contribution in [0.25, 0.3) is 0 Å². The second-order valence-electron chi connectivity index (χ2n) is 5.23. The quantitative estimate of drug-likeness (QED) is 0.551. The van der Waals surface area contributed by atoms with Crippen LogP contribution in [-0.2, 0) is 0 Å². The summed E-state index contributed by atoms with van der Waals surface area (Å²) >= 11 is 0. The highest BCUT2D eigenvalue weighted by Gasteiger charge is 2.17. The SMILES string of the molecule is CCCNCC1CCN(CC=C(C)C)CC1. The number of piperidine rings is 1. The van der Waals surface area contributed by atoms with Gasteiger partial charge >= 0.3 is 0 Å². The number of likely N-dealkylation sites (tertiary alicyclic amines) is 1. The van der Waals surface area contributed by atoms with Gasteiger partial charge in [-0.25, -0.2) is 0 Å². The average Bonchev–Trinajstić information content (AvgIpc) is 2.28. The summed E-state index contributed by atoms with van der Waals surface area (Å²) < 4.78 is 0. The molecule has 1 aliphatic heterocycles. The van der Waals surface area contributed by atoms with Crippen molar-refractivity contribution in [2.45, 2.75) is 40.0 Å². The molecular formula is C14H28N2. The summed E-state index contributed by atoms with van der Waals surface area (Å²) in [4.78, 5) is 2.57. The third kappa shape index (κ3) is 5.66. The van der Waals surface area contributed by atoms with E-state index in [9.17, 15) is 0 Å². The molecule has 0 radical (unpaired) electrons. The predicted octanol–water partition coefficient (Wildman–Crippen LogP) is 2.66. The average molecular weight is 224 g/mol. The van der Waals surface area contributed by atoms with Crippen molar-refractivity contribution in [2.24, 2.45) is 5.92 Å². The molecule has 0 aliphatic carbocycles. The molecule has 0 saturated carbocycles. The minimum Gasteiger partial charge on any atom is -0.316 e. The van der Waals surface area contributed by atoms with Crippen LogP contribution in [0, 0.1) is 5.92 Å². The van der Waals surface area contributed by atoms with E-state index < -0.39 is 0 Å². The minimum atomic E-state index is 0.912. The molecular weight excluding hydrogens is 196 g/mol. The Morgan fingerprint density at radius 3 is 2.56 bits per heavy atom. The van der Waals surface area contributed by atoms with E-state index in [1.54, 1.807) is 0 Å². The van der Waals surface area contributed by atoms with E-state index in [4.69, 9.17) is 0 Å². The molecule has 0 bridgehead atoms. The number of hydrogen-bond acceptors (Lipinski definition) is 2. The van der Waals surface area contributed by atoms with E-state index in [2.05, 4.69) is 37.1 Å². The predicted molar refractivity (Wildman–Crippen MR) is 71.8 cm³/mol. The maximum absolute atomic E-state index is 3.54. The highest BCUT2D eigenvalue weighted by Crippen LogP contribution is 2.16. The Morgan fingerprint density at radius 2 is 2.00 bits per heavy atom. The molecule has 0 amide bonds. The standard InChI is InChI=1S/C14H28N2/c1-4-8-15-12-14-6-10-16(11-7-14)9-5-13(2)3/h5,14-15H,4,6-12H2,1-3H3. The summed E-state index contributed by atoms with van der Waals surface area (Å²) in [6, 6.07) is 0. The van der Waals surface area contributed by atoms with E-state index in [0.717, 1.165) is 12.5 Å². The molecule has 1 saturated heterocycles. The van der Waals surface area contributed by atoms with Crippen LogP contribution in [0.15, 0.2) is 11.6 Å². The van der Waals surface area contributed by atoms with E-state index in [0.29, 0.717) is 0 Å². The Hall–Kier alpha value is -0.340. The summed E-state index contributed by atoms with van der Waals surface area (Å²) in [5.41, 5.74) is 1.44. The number of rotatable bonds is 6. The van der Waals surface area contributed by atoms with Crippen LogP contribution in [0.3, 0.4) is 0 Å². The van der Waals surface area contributed by atoms with Crippen LogP contribution in [0.4, 0.5) is 0 Å². The number of nitrogens with zero attached hydrogens (tertiary/aromatic N) is 1. The van der Waals surface area contributed by atoms with Crippen molar-refractivity contribution >= 4 is 0 Å². The van der Waals surface area contributed by atoms with Crippen LogP contribution in [-0.4, -0.2) is 37.6 Å². The van der Waals surface area contributed by atoms with Gasteiger partial charge < -0.3 is 5.32 Å². The Bertz CT molecular complexity index is 199. The van der Waals surface area contributed by atoms with Crippen molar-refractivity contribution in [1.29, 1.82) is 0 Å². The van der Waals surface area contributed by atoms with Gasteiger partial charge in [0, 0.05) is 6.54 Å². The second-order valence-corrected chi connectivity index (χ2v) is 5.23. The Morgan fingerprint density at radius 1 is 1.31 bits per heavy atom. The van der Waals surface area contributed by atoms with Crippen LogP contribution >= 0.6 is 0 Å². The Labute approximate surface area is 101 Å². The zero-order valence-corrected chi connectivity index (χ0v) is 11.3. The van der Waals surface area contributed by atoms with Gasteiger partial charge in [-0.15, -0.1) is 0 Å². The van der Waals surface area contributed by atoms with E-state index >= 15 is 0 Å². The van der Waals surface area contributed by atoms with Gasteiger partial charge in [-0.2, -0.15) is 0 Å². The monoisotopic (exact) mass is 224 g/mol. The van der Waals surface area contributed by atoms with Gasteiger partial charge in [-0.05, 0) is 65.2 Å². The van der Waals surface area contributed by atoms with Crippen molar-refractivity contribution < 1.29 is 0 Å². The molecule has 16 heavy (non-hydrogen) atoms. The van der Waals surface area contributed by atoms with Crippen LogP contribution in [0.1, 0.15) is 40.0 Å². The topological polar surface area (TPSA) is 15.3 Å². The van der Waals surface area contributed by atoms with Gasteiger partial charge in [0.25, 0.3) is 0 Å². The van der Waals surface area contributed by atoms with E-state index in [1.165, 1.54) is 51.0 Å². The fraction of sp³-hybridized carbons (Fsp3) is 0.857. The second kappa shape index (κ2) is 7.86. The highest BCUT2D eigenvalue weighted by molar-refractivity contribution is 4.95. The highest BCUT2D eigenvalue weighted by atomic mass is 15.1. The molecule has 0 spiro atoms. The number of hydrogen-bond donors (Lipinski definition) is 1. The summed E-state index contributed by atoms with van der Waals surface area (Å²) in [5.74, 6) is 0.912. The van der Waals surface area contributed by atoms with Gasteiger partial charge in [0.1, 0.15) is 0 Å². The molecule has 1 rings (SSSR count). The first-order valence-electron chi connectivity index (χ1n) is 6.78. The van der Waals surface area contributed by atoms with Crippen molar-refractivity contribution in [3.05, 3.63) is 11.6 Å². The molecule has 1 heterocycles. The molecule has 2 nitrogen and oxygen atoms in total. The molecule has 1 aliphatic rings. The minimum absolute atomic E-state index is 0.912.